The topological polar surface area (TPSA) is 29.5 Å². The van der Waals surface area contributed by atoms with Gasteiger partial charge in [-0.15, -0.1) is 0 Å². The maximum Gasteiger partial charge on any atom is 0.320 e. The Morgan fingerprint density at radius 2 is 1.96 bits per heavy atom. The molecule has 4 heteroatoms. The maximum absolute atomic E-state index is 13.2. The van der Waals surface area contributed by atoms with Gasteiger partial charge < -0.3 is 4.74 Å². The van der Waals surface area contributed by atoms with Crippen molar-refractivity contribution < 1.29 is 9.53 Å². The predicted molar refractivity (Wildman–Crippen MR) is 104 cm³/mol. The van der Waals surface area contributed by atoms with Crippen molar-refractivity contribution in [3.63, 3.8) is 0 Å². The number of carbonyl (C=O) groups is 1. The standard InChI is InChI=1S/C22H24ClNO2/c1-14-3-10-18(11-4-14)26-22(25)21-19(15-5-7-16(23)8-6-15)13-17-9-12-20(21)24(17)2/h3-5,7-8,10-11,17,20-21H,6,9,12-13H2,1-2H3/b19-15-. The second-order valence-electron chi connectivity index (χ2n) is 7.56. The van der Waals surface area contributed by atoms with Crippen molar-refractivity contribution in [3.8, 4) is 5.75 Å². The molecule has 0 saturated carbocycles. The van der Waals surface area contributed by atoms with Gasteiger partial charge in [0.25, 0.3) is 0 Å². The Bertz CT molecular complexity index is 806. The Morgan fingerprint density at radius 3 is 2.65 bits per heavy atom. The van der Waals surface area contributed by atoms with Crippen LogP contribution in [0.2, 0.25) is 0 Å². The van der Waals surface area contributed by atoms with Crippen molar-refractivity contribution in [1.29, 1.82) is 0 Å². The average molecular weight is 370 g/mol. The molecule has 1 aromatic carbocycles. The van der Waals surface area contributed by atoms with Crippen LogP contribution in [0.25, 0.3) is 0 Å². The van der Waals surface area contributed by atoms with E-state index in [1.807, 2.05) is 43.3 Å². The molecule has 2 saturated heterocycles. The molecular weight excluding hydrogens is 346 g/mol. The van der Waals surface area contributed by atoms with Crippen molar-refractivity contribution in [1.82, 2.24) is 4.90 Å². The molecule has 136 valence electrons. The highest BCUT2D eigenvalue weighted by atomic mass is 35.5. The lowest BCUT2D eigenvalue weighted by Crippen LogP contribution is -2.47. The Hall–Kier alpha value is -1.84. The van der Waals surface area contributed by atoms with Crippen LogP contribution in [0.1, 0.15) is 31.2 Å². The van der Waals surface area contributed by atoms with E-state index in [1.54, 1.807) is 0 Å². The maximum atomic E-state index is 13.2. The third-order valence-corrected chi connectivity index (χ3v) is 6.26. The SMILES string of the molecule is Cc1ccc(OC(=O)C2/C(=C3/C=CC(Cl)=CC3)CC3CCC2N3C)cc1. The summed E-state index contributed by atoms with van der Waals surface area (Å²) < 4.78 is 5.78. The molecule has 3 unspecified atom stereocenters. The number of nitrogens with zero attached hydrogens (tertiary/aromatic N) is 1. The van der Waals surface area contributed by atoms with Crippen molar-refractivity contribution in [2.45, 2.75) is 44.7 Å². The Morgan fingerprint density at radius 1 is 1.19 bits per heavy atom. The van der Waals surface area contributed by atoms with Gasteiger partial charge in [0.15, 0.2) is 0 Å². The lowest BCUT2D eigenvalue weighted by Gasteiger charge is -2.39. The van der Waals surface area contributed by atoms with E-state index < -0.39 is 0 Å². The van der Waals surface area contributed by atoms with E-state index in [2.05, 4.69) is 18.0 Å². The number of hydrogen-bond donors (Lipinski definition) is 0. The molecule has 2 heterocycles. The number of allylic oxidation sites excluding steroid dienone is 5. The first-order chi connectivity index (χ1) is 12.5. The van der Waals surface area contributed by atoms with E-state index in [0.29, 0.717) is 11.8 Å². The third-order valence-electron chi connectivity index (χ3n) is 5.98. The molecule has 1 aliphatic carbocycles. The van der Waals surface area contributed by atoms with Crippen LogP contribution in [0.3, 0.4) is 0 Å². The molecule has 2 fully saturated rings. The van der Waals surface area contributed by atoms with E-state index >= 15 is 0 Å². The summed E-state index contributed by atoms with van der Waals surface area (Å²) in [5.41, 5.74) is 3.62. The minimum absolute atomic E-state index is 0.136. The Labute approximate surface area is 160 Å². The normalized spacial score (nSPS) is 31.0. The summed E-state index contributed by atoms with van der Waals surface area (Å²) in [5.74, 6) is 0.280. The van der Waals surface area contributed by atoms with Crippen LogP contribution in [-0.4, -0.2) is 30.0 Å². The van der Waals surface area contributed by atoms with Crippen LogP contribution >= 0.6 is 11.6 Å². The van der Waals surface area contributed by atoms with Gasteiger partial charge in [-0.2, -0.15) is 0 Å². The molecule has 3 nitrogen and oxygen atoms in total. The minimum atomic E-state index is -0.204. The number of aryl methyl sites for hydroxylation is 1. The van der Waals surface area contributed by atoms with Crippen molar-refractivity contribution in [2.75, 3.05) is 7.05 Å². The molecule has 1 aromatic rings. The summed E-state index contributed by atoms with van der Waals surface area (Å²) in [4.78, 5) is 15.5. The average Bonchev–Trinajstić information content (AvgIpc) is 2.87. The predicted octanol–water partition coefficient (Wildman–Crippen LogP) is 4.76. The summed E-state index contributed by atoms with van der Waals surface area (Å²) >= 11 is 6.08. The van der Waals surface area contributed by atoms with Gasteiger partial charge in [-0.25, -0.2) is 0 Å². The van der Waals surface area contributed by atoms with E-state index in [0.717, 1.165) is 36.3 Å². The fourth-order valence-corrected chi connectivity index (χ4v) is 4.62. The molecule has 2 bridgehead atoms. The van der Waals surface area contributed by atoms with Gasteiger partial charge in [0.05, 0.1) is 5.92 Å². The summed E-state index contributed by atoms with van der Waals surface area (Å²) in [6.45, 7) is 2.02. The van der Waals surface area contributed by atoms with Crippen molar-refractivity contribution >= 4 is 17.6 Å². The number of piperidine rings is 1. The quantitative estimate of drug-likeness (QED) is 0.556. The van der Waals surface area contributed by atoms with E-state index in [9.17, 15) is 4.79 Å². The number of benzene rings is 1. The number of fused-ring (bicyclic) bond motifs is 2. The highest BCUT2D eigenvalue weighted by Gasteiger charge is 2.47. The molecule has 26 heavy (non-hydrogen) atoms. The number of ether oxygens (including phenoxy) is 1. The minimum Gasteiger partial charge on any atom is -0.426 e. The molecule has 0 aromatic heterocycles. The number of halogens is 1. The van der Waals surface area contributed by atoms with Crippen LogP contribution < -0.4 is 4.74 Å². The number of hydrogen-bond acceptors (Lipinski definition) is 3. The van der Waals surface area contributed by atoms with E-state index in [4.69, 9.17) is 16.3 Å². The fourth-order valence-electron chi connectivity index (χ4n) is 4.48. The molecule has 0 spiro atoms. The number of rotatable bonds is 2. The first-order valence-electron chi connectivity index (χ1n) is 9.29. The zero-order chi connectivity index (χ0) is 18.3. The van der Waals surface area contributed by atoms with Gasteiger partial charge in [-0.1, -0.05) is 41.4 Å². The van der Waals surface area contributed by atoms with E-state index in [1.165, 1.54) is 11.1 Å². The summed E-state index contributed by atoms with van der Waals surface area (Å²) in [6.07, 6.45) is 9.95. The van der Waals surface area contributed by atoms with E-state index in [-0.39, 0.29) is 17.9 Å². The zero-order valence-corrected chi connectivity index (χ0v) is 16.0. The van der Waals surface area contributed by atoms with Crippen LogP contribution in [0.15, 0.2) is 58.7 Å². The highest BCUT2D eigenvalue weighted by Crippen LogP contribution is 2.44. The molecule has 0 N–H and O–H groups in total. The summed E-state index contributed by atoms with van der Waals surface area (Å²) in [6, 6.07) is 8.43. The van der Waals surface area contributed by atoms with Crippen molar-refractivity contribution in [3.05, 3.63) is 64.2 Å². The molecule has 2 aliphatic heterocycles. The van der Waals surface area contributed by atoms with Gasteiger partial charge in [-0.3, -0.25) is 9.69 Å². The summed E-state index contributed by atoms with van der Waals surface area (Å²) in [7, 11) is 2.14. The van der Waals surface area contributed by atoms with Crippen LogP contribution in [0.5, 0.6) is 5.75 Å². The third kappa shape index (κ3) is 3.26. The second-order valence-corrected chi connectivity index (χ2v) is 7.99. The molecule has 3 aliphatic rings. The lowest BCUT2D eigenvalue weighted by molar-refractivity contribution is -0.140. The molecule has 0 amide bonds. The number of esters is 1. The van der Waals surface area contributed by atoms with Gasteiger partial charge in [-0.05, 0) is 69.0 Å². The Balaban J connectivity index is 1.65. The smallest absolute Gasteiger partial charge is 0.320 e. The lowest BCUT2D eigenvalue weighted by atomic mass is 9.81. The molecule has 0 radical (unpaired) electrons. The first kappa shape index (κ1) is 17.6. The van der Waals surface area contributed by atoms with Crippen LogP contribution in [0, 0.1) is 12.8 Å². The van der Waals surface area contributed by atoms with Crippen molar-refractivity contribution in [2.24, 2.45) is 5.92 Å². The van der Waals surface area contributed by atoms with Gasteiger partial charge in [0.2, 0.25) is 0 Å². The monoisotopic (exact) mass is 369 g/mol. The molecular formula is C22H24ClNO2. The first-order valence-corrected chi connectivity index (χ1v) is 9.66. The largest absolute Gasteiger partial charge is 0.426 e. The van der Waals surface area contributed by atoms with Crippen LogP contribution in [0.4, 0.5) is 0 Å². The highest BCUT2D eigenvalue weighted by molar-refractivity contribution is 6.31. The fraction of sp³-hybridized carbons (Fsp3) is 0.409. The van der Waals surface area contributed by atoms with Gasteiger partial charge in [0.1, 0.15) is 5.75 Å². The zero-order valence-electron chi connectivity index (χ0n) is 15.2. The summed E-state index contributed by atoms with van der Waals surface area (Å²) in [5, 5.41) is 0.768. The van der Waals surface area contributed by atoms with Crippen LogP contribution in [-0.2, 0) is 4.79 Å². The van der Waals surface area contributed by atoms with Gasteiger partial charge >= 0.3 is 5.97 Å². The molecule has 4 rings (SSSR count). The second kappa shape index (κ2) is 7.05. The number of carbonyl (C=O) groups excluding carboxylic acids is 1. The Kier molecular flexibility index (Phi) is 4.76. The molecule has 3 atom stereocenters. The van der Waals surface area contributed by atoms with Gasteiger partial charge in [0, 0.05) is 17.1 Å².